The second kappa shape index (κ2) is 8.12. The molecule has 0 aromatic carbocycles. The van der Waals surface area contributed by atoms with Crippen LogP contribution in [-0.4, -0.2) is 37.0 Å². The molecular weight excluding hydrogens is 196 g/mol. The van der Waals surface area contributed by atoms with Crippen molar-refractivity contribution in [3.63, 3.8) is 0 Å². The highest BCUT2D eigenvalue weighted by Gasteiger charge is 2.10. The first-order chi connectivity index (χ1) is 6.57. The number of thioether (sulfide) groups is 1. The van der Waals surface area contributed by atoms with Crippen molar-refractivity contribution in [3.05, 3.63) is 0 Å². The van der Waals surface area contributed by atoms with E-state index in [0.717, 1.165) is 18.8 Å². The van der Waals surface area contributed by atoms with Crippen LogP contribution >= 0.6 is 11.8 Å². The second-order valence-electron chi connectivity index (χ2n) is 3.81. The molecule has 0 aliphatic heterocycles. The lowest BCUT2D eigenvalue weighted by molar-refractivity contribution is -0.122. The quantitative estimate of drug-likeness (QED) is 0.629. The minimum absolute atomic E-state index is 0.0825. The number of hydrogen-bond donors (Lipinski definition) is 2. The van der Waals surface area contributed by atoms with Gasteiger partial charge in [0.2, 0.25) is 5.91 Å². The topological polar surface area (TPSA) is 41.1 Å². The molecule has 0 heterocycles. The van der Waals surface area contributed by atoms with Gasteiger partial charge in [-0.1, -0.05) is 13.8 Å². The molecule has 14 heavy (non-hydrogen) atoms. The summed E-state index contributed by atoms with van der Waals surface area (Å²) in [6.45, 7) is 7.72. The van der Waals surface area contributed by atoms with Crippen LogP contribution in [0.4, 0.5) is 0 Å². The predicted octanol–water partition coefficient (Wildman–Crippen LogP) is 1.10. The lowest BCUT2D eigenvalue weighted by Crippen LogP contribution is -2.43. The zero-order valence-corrected chi connectivity index (χ0v) is 10.4. The third kappa shape index (κ3) is 7.21. The van der Waals surface area contributed by atoms with Gasteiger partial charge in [-0.05, 0) is 19.1 Å². The number of nitrogens with one attached hydrogen (secondary N) is 2. The third-order valence-corrected chi connectivity index (χ3v) is 2.45. The van der Waals surface area contributed by atoms with E-state index < -0.39 is 0 Å². The maximum atomic E-state index is 11.5. The normalized spacial score (nSPS) is 12.9. The summed E-state index contributed by atoms with van der Waals surface area (Å²) in [6.07, 6.45) is 2.06. The van der Waals surface area contributed by atoms with Crippen molar-refractivity contribution in [1.82, 2.24) is 10.6 Å². The molecule has 2 N–H and O–H groups in total. The highest BCUT2D eigenvalue weighted by Crippen LogP contribution is 1.91. The fraction of sp³-hybridized carbons (Fsp3) is 0.900. The molecule has 0 aromatic heterocycles. The van der Waals surface area contributed by atoms with Crippen LogP contribution in [0.25, 0.3) is 0 Å². The maximum absolute atomic E-state index is 11.5. The molecule has 0 aliphatic carbocycles. The summed E-state index contributed by atoms with van der Waals surface area (Å²) in [5.41, 5.74) is 0. The van der Waals surface area contributed by atoms with Gasteiger partial charge >= 0.3 is 0 Å². The second-order valence-corrected chi connectivity index (χ2v) is 4.79. The van der Waals surface area contributed by atoms with Crippen molar-refractivity contribution in [3.8, 4) is 0 Å². The van der Waals surface area contributed by atoms with Gasteiger partial charge < -0.3 is 10.6 Å². The van der Waals surface area contributed by atoms with Crippen LogP contribution in [0.2, 0.25) is 0 Å². The molecule has 0 aromatic rings. The van der Waals surface area contributed by atoms with Gasteiger partial charge in [0.05, 0.1) is 6.04 Å². The Morgan fingerprint density at radius 3 is 2.50 bits per heavy atom. The number of hydrogen-bond acceptors (Lipinski definition) is 3. The Hall–Kier alpha value is -0.220. The van der Waals surface area contributed by atoms with Gasteiger partial charge in [0.15, 0.2) is 0 Å². The Morgan fingerprint density at radius 2 is 2.00 bits per heavy atom. The Morgan fingerprint density at radius 1 is 1.36 bits per heavy atom. The number of amides is 1. The highest BCUT2D eigenvalue weighted by atomic mass is 32.2. The average Bonchev–Trinajstić information content (AvgIpc) is 2.14. The third-order valence-electron chi connectivity index (χ3n) is 1.83. The number of rotatable bonds is 7. The summed E-state index contributed by atoms with van der Waals surface area (Å²) in [5.74, 6) is 1.65. The van der Waals surface area contributed by atoms with Crippen LogP contribution in [-0.2, 0) is 4.79 Å². The molecule has 0 saturated heterocycles. The Labute approximate surface area is 91.4 Å². The zero-order chi connectivity index (χ0) is 11.0. The molecule has 84 valence electrons. The summed E-state index contributed by atoms with van der Waals surface area (Å²) in [7, 11) is 0. The fourth-order valence-corrected chi connectivity index (χ4v) is 1.25. The predicted molar refractivity (Wildman–Crippen MR) is 63.7 cm³/mol. The van der Waals surface area contributed by atoms with Gasteiger partial charge in [-0.25, -0.2) is 0 Å². The number of carbonyl (C=O) groups is 1. The van der Waals surface area contributed by atoms with Crippen molar-refractivity contribution in [2.24, 2.45) is 5.92 Å². The Balaban J connectivity index is 3.54. The molecule has 0 bridgehead atoms. The summed E-state index contributed by atoms with van der Waals surface area (Å²) in [4.78, 5) is 11.5. The van der Waals surface area contributed by atoms with Gasteiger partial charge in [-0.3, -0.25) is 4.79 Å². The summed E-state index contributed by atoms with van der Waals surface area (Å²) in [5, 5.41) is 6.07. The van der Waals surface area contributed by atoms with Gasteiger partial charge in [0.25, 0.3) is 0 Å². The van der Waals surface area contributed by atoms with E-state index in [0.29, 0.717) is 5.92 Å². The molecule has 0 aliphatic rings. The van der Waals surface area contributed by atoms with Gasteiger partial charge in [0.1, 0.15) is 0 Å². The van der Waals surface area contributed by atoms with E-state index >= 15 is 0 Å². The van der Waals surface area contributed by atoms with Crippen LogP contribution in [0, 0.1) is 5.92 Å². The van der Waals surface area contributed by atoms with Crippen LogP contribution in [0.3, 0.4) is 0 Å². The van der Waals surface area contributed by atoms with Crippen molar-refractivity contribution in [1.29, 1.82) is 0 Å². The summed E-state index contributed by atoms with van der Waals surface area (Å²) in [6, 6.07) is -0.0825. The molecule has 0 spiro atoms. The summed E-state index contributed by atoms with van der Waals surface area (Å²) < 4.78 is 0. The minimum Gasteiger partial charge on any atom is -0.354 e. The van der Waals surface area contributed by atoms with E-state index in [1.165, 1.54) is 0 Å². The van der Waals surface area contributed by atoms with Crippen molar-refractivity contribution in [2.75, 3.05) is 25.1 Å². The SMILES string of the molecule is CSCCNC(C)C(=O)NCC(C)C. The average molecular weight is 218 g/mol. The lowest BCUT2D eigenvalue weighted by Gasteiger charge is -2.14. The molecule has 1 atom stereocenters. The molecular formula is C10H22N2OS. The molecule has 1 unspecified atom stereocenters. The van der Waals surface area contributed by atoms with E-state index in [4.69, 9.17) is 0 Å². The van der Waals surface area contributed by atoms with Crippen LogP contribution < -0.4 is 10.6 Å². The first-order valence-electron chi connectivity index (χ1n) is 5.08. The van der Waals surface area contributed by atoms with Crippen LogP contribution in [0.15, 0.2) is 0 Å². The van der Waals surface area contributed by atoms with E-state index in [1.54, 1.807) is 11.8 Å². The monoisotopic (exact) mass is 218 g/mol. The largest absolute Gasteiger partial charge is 0.354 e. The standard InChI is InChI=1S/C10H22N2OS/c1-8(2)7-12-10(13)9(3)11-5-6-14-4/h8-9,11H,5-7H2,1-4H3,(H,12,13). The molecule has 0 rings (SSSR count). The molecule has 1 amide bonds. The van der Waals surface area contributed by atoms with E-state index in [2.05, 4.69) is 30.7 Å². The van der Waals surface area contributed by atoms with Gasteiger partial charge in [-0.15, -0.1) is 0 Å². The van der Waals surface area contributed by atoms with E-state index in [9.17, 15) is 4.79 Å². The van der Waals surface area contributed by atoms with Crippen LogP contribution in [0.5, 0.6) is 0 Å². The first-order valence-corrected chi connectivity index (χ1v) is 6.47. The molecule has 0 saturated carbocycles. The molecule has 3 nitrogen and oxygen atoms in total. The highest BCUT2D eigenvalue weighted by molar-refractivity contribution is 7.98. The van der Waals surface area contributed by atoms with E-state index in [-0.39, 0.29) is 11.9 Å². The first kappa shape index (κ1) is 13.8. The minimum atomic E-state index is -0.0825. The lowest BCUT2D eigenvalue weighted by atomic mass is 10.2. The van der Waals surface area contributed by atoms with Crippen molar-refractivity contribution >= 4 is 17.7 Å². The van der Waals surface area contributed by atoms with E-state index in [1.807, 2.05) is 6.92 Å². The van der Waals surface area contributed by atoms with Gasteiger partial charge in [0, 0.05) is 18.8 Å². The zero-order valence-electron chi connectivity index (χ0n) is 9.59. The smallest absolute Gasteiger partial charge is 0.236 e. The molecule has 0 radical (unpaired) electrons. The molecule has 0 fully saturated rings. The Bertz CT molecular complexity index is 162. The van der Waals surface area contributed by atoms with Crippen molar-refractivity contribution in [2.45, 2.75) is 26.8 Å². The van der Waals surface area contributed by atoms with Crippen molar-refractivity contribution < 1.29 is 4.79 Å². The summed E-state index contributed by atoms with van der Waals surface area (Å²) >= 11 is 1.78. The Kier molecular flexibility index (Phi) is 7.99. The fourth-order valence-electron chi connectivity index (χ4n) is 0.928. The van der Waals surface area contributed by atoms with Gasteiger partial charge in [-0.2, -0.15) is 11.8 Å². The number of carbonyl (C=O) groups excluding carboxylic acids is 1. The maximum Gasteiger partial charge on any atom is 0.236 e. The molecule has 4 heteroatoms. The van der Waals surface area contributed by atoms with Crippen LogP contribution in [0.1, 0.15) is 20.8 Å².